The quantitative estimate of drug-likeness (QED) is 0.0215. The molecule has 0 amide bonds. The molecule has 3 saturated carbocycles. The molecule has 0 atom stereocenters. The Hall–Kier alpha value is -6.04. The smallest absolute Gasteiger partial charge is 0.330 e. The highest BCUT2D eigenvalue weighted by molar-refractivity contribution is 5.81. The molecule has 0 N–H and O–H groups in total. The number of ether oxygens (including phenoxy) is 8. The van der Waals surface area contributed by atoms with Gasteiger partial charge in [0.15, 0.2) is 6.29 Å². The minimum absolute atomic E-state index is 0.216. The van der Waals surface area contributed by atoms with Gasteiger partial charge in [0.05, 0.1) is 59.4 Å². The molecular formula is C59H80O12. The average molecular weight is 981 g/mol. The molecular weight excluding hydrogens is 901 g/mol. The molecule has 3 aromatic carbocycles. The zero-order chi connectivity index (χ0) is 50.7. The third-order valence-electron chi connectivity index (χ3n) is 13.1. The van der Waals surface area contributed by atoms with Crippen LogP contribution in [0.4, 0.5) is 0 Å². The van der Waals surface area contributed by atoms with Crippen LogP contribution in [0.15, 0.2) is 104 Å². The first-order valence-corrected chi connectivity index (χ1v) is 25.9. The Balaban J connectivity index is 0.000000242. The van der Waals surface area contributed by atoms with Gasteiger partial charge >= 0.3 is 11.9 Å². The maximum Gasteiger partial charge on any atom is 0.330 e. The third kappa shape index (κ3) is 24.1. The maximum atomic E-state index is 11.6. The summed E-state index contributed by atoms with van der Waals surface area (Å²) in [5.41, 5.74) is 2.23. The number of esters is 2. The van der Waals surface area contributed by atoms with E-state index in [-0.39, 0.29) is 17.9 Å². The van der Waals surface area contributed by atoms with Crippen molar-refractivity contribution in [3.63, 3.8) is 0 Å². The van der Waals surface area contributed by atoms with Gasteiger partial charge in [0, 0.05) is 18.1 Å². The molecule has 3 aliphatic rings. The highest BCUT2D eigenvalue weighted by Crippen LogP contribution is 2.35. The highest BCUT2D eigenvalue weighted by atomic mass is 16.5. The van der Waals surface area contributed by atoms with Crippen molar-refractivity contribution in [2.75, 3.05) is 53.9 Å². The van der Waals surface area contributed by atoms with Crippen LogP contribution in [-0.4, -0.2) is 78.4 Å². The van der Waals surface area contributed by atoms with Crippen LogP contribution in [0.2, 0.25) is 0 Å². The molecule has 12 heteroatoms. The van der Waals surface area contributed by atoms with Crippen LogP contribution in [0.5, 0.6) is 34.5 Å². The molecule has 3 fully saturated rings. The lowest BCUT2D eigenvalue weighted by Crippen LogP contribution is -2.21. The molecule has 6 rings (SSSR count). The number of methoxy groups -OCH3 is 2. The van der Waals surface area contributed by atoms with Crippen LogP contribution >= 0.6 is 0 Å². The summed E-state index contributed by atoms with van der Waals surface area (Å²) < 4.78 is 43.2. The number of rotatable bonds is 29. The molecule has 0 bridgehead atoms. The zero-order valence-electron chi connectivity index (χ0n) is 42.5. The lowest BCUT2D eigenvalue weighted by atomic mass is 9.79. The fourth-order valence-corrected chi connectivity index (χ4v) is 8.46. The van der Waals surface area contributed by atoms with Crippen molar-refractivity contribution in [3.8, 4) is 34.5 Å². The van der Waals surface area contributed by atoms with Crippen molar-refractivity contribution in [3.05, 3.63) is 109 Å². The van der Waals surface area contributed by atoms with E-state index in [4.69, 9.17) is 37.9 Å². The van der Waals surface area contributed by atoms with Crippen molar-refractivity contribution in [1.29, 1.82) is 0 Å². The SMILES string of the molecule is C=CC(=O)OCCCCCCOc1ccc(OC)cc1.C=CC(=O)OCCCCCCOc1ccc(OC)cc1.O=Cc1cc(OCC2CCC(C=C3CCC3)CC2)ccc1OCC1CCC(C=O)CC1. The van der Waals surface area contributed by atoms with Gasteiger partial charge in [0.2, 0.25) is 0 Å². The molecule has 0 radical (unpaired) electrons. The number of hydrogen-bond donors (Lipinski definition) is 0. The Morgan fingerprint density at radius 1 is 0.521 bits per heavy atom. The second-order valence-electron chi connectivity index (χ2n) is 18.4. The number of carbonyl (C=O) groups excluding carboxylic acids is 4. The standard InChI is InChI=1S/C27H36O4.2C16H22O4/c28-16-22-6-10-24(11-7-22)19-31-27-13-12-26(15-25(27)17-29)30-18-23-8-4-21(5-9-23)14-20-2-1-3-20;2*1-3-16(17)20-13-7-5-4-6-12-19-15-10-8-14(18-2)9-11-15/h12-17,21-24H,1-11,18-19H2;2*3,8-11H,1,4-7,12-13H2,2H3. The molecule has 0 aliphatic heterocycles. The summed E-state index contributed by atoms with van der Waals surface area (Å²) in [6.07, 6.45) is 27.7. The van der Waals surface area contributed by atoms with E-state index < -0.39 is 0 Å². The fourth-order valence-electron chi connectivity index (χ4n) is 8.46. The number of hydrogen-bond acceptors (Lipinski definition) is 12. The first kappa shape index (κ1) is 57.5. The molecule has 3 aromatic rings. The second kappa shape index (κ2) is 35.1. The summed E-state index contributed by atoms with van der Waals surface area (Å²) in [6, 6.07) is 20.7. The van der Waals surface area contributed by atoms with Gasteiger partial charge in [-0.3, -0.25) is 4.79 Å². The van der Waals surface area contributed by atoms with Crippen molar-refractivity contribution in [2.45, 2.75) is 122 Å². The minimum atomic E-state index is -0.354. The van der Waals surface area contributed by atoms with Gasteiger partial charge in [0.25, 0.3) is 0 Å². The normalized spacial score (nSPS) is 17.9. The number of benzene rings is 3. The third-order valence-corrected chi connectivity index (χ3v) is 13.1. The molecule has 0 aromatic heterocycles. The van der Waals surface area contributed by atoms with Gasteiger partial charge in [0.1, 0.15) is 40.8 Å². The van der Waals surface area contributed by atoms with Crippen LogP contribution in [0.3, 0.4) is 0 Å². The Kier molecular flexibility index (Phi) is 28.5. The number of allylic oxidation sites excluding steroid dienone is 2. The van der Waals surface area contributed by atoms with Gasteiger partial charge in [-0.2, -0.15) is 0 Å². The maximum absolute atomic E-state index is 11.6. The summed E-state index contributed by atoms with van der Waals surface area (Å²) in [6.45, 7) is 10.3. The largest absolute Gasteiger partial charge is 0.497 e. The molecule has 3 aliphatic carbocycles. The number of unbranched alkanes of at least 4 members (excludes halogenated alkanes) is 6. The molecule has 0 unspecified atom stereocenters. The summed E-state index contributed by atoms with van der Waals surface area (Å²) in [7, 11) is 3.28. The summed E-state index contributed by atoms with van der Waals surface area (Å²) in [5, 5.41) is 0. The molecule has 388 valence electrons. The summed E-state index contributed by atoms with van der Waals surface area (Å²) in [5.74, 6) is 6.08. The second-order valence-corrected chi connectivity index (χ2v) is 18.4. The highest BCUT2D eigenvalue weighted by Gasteiger charge is 2.23. The van der Waals surface area contributed by atoms with Gasteiger partial charge in [-0.1, -0.05) is 24.8 Å². The predicted octanol–water partition coefficient (Wildman–Crippen LogP) is 12.9. The first-order valence-electron chi connectivity index (χ1n) is 25.9. The average Bonchev–Trinajstić information content (AvgIpc) is 3.41. The van der Waals surface area contributed by atoms with Crippen molar-refractivity contribution in [2.24, 2.45) is 23.7 Å². The van der Waals surface area contributed by atoms with Gasteiger partial charge in [-0.15, -0.1) is 0 Å². The molecule has 71 heavy (non-hydrogen) atoms. The van der Waals surface area contributed by atoms with E-state index in [2.05, 4.69) is 19.2 Å². The van der Waals surface area contributed by atoms with Crippen molar-refractivity contribution < 1.29 is 57.1 Å². The molecule has 0 saturated heterocycles. The lowest BCUT2D eigenvalue weighted by Gasteiger charge is -2.28. The zero-order valence-corrected chi connectivity index (χ0v) is 42.5. The summed E-state index contributed by atoms with van der Waals surface area (Å²) >= 11 is 0. The Labute approximate surface area is 423 Å². The predicted molar refractivity (Wildman–Crippen MR) is 278 cm³/mol. The van der Waals surface area contributed by atoms with E-state index in [0.29, 0.717) is 56.2 Å². The van der Waals surface area contributed by atoms with E-state index in [0.717, 1.165) is 131 Å². The molecule has 0 spiro atoms. The van der Waals surface area contributed by atoms with E-state index in [1.165, 1.54) is 57.1 Å². The molecule has 0 heterocycles. The van der Waals surface area contributed by atoms with Crippen LogP contribution < -0.4 is 28.4 Å². The fraction of sp³-hybridized carbons (Fsp3) is 0.525. The van der Waals surface area contributed by atoms with E-state index in [1.54, 1.807) is 25.9 Å². The first-order chi connectivity index (χ1) is 34.7. The summed E-state index contributed by atoms with van der Waals surface area (Å²) in [4.78, 5) is 44.1. The van der Waals surface area contributed by atoms with Crippen LogP contribution in [0, 0.1) is 23.7 Å². The van der Waals surface area contributed by atoms with Crippen LogP contribution in [-0.2, 0) is 23.9 Å². The Morgan fingerprint density at radius 3 is 1.38 bits per heavy atom. The van der Waals surface area contributed by atoms with Crippen molar-refractivity contribution >= 4 is 24.5 Å². The van der Waals surface area contributed by atoms with Gasteiger partial charge in [-0.25, -0.2) is 9.59 Å². The monoisotopic (exact) mass is 981 g/mol. The van der Waals surface area contributed by atoms with Crippen LogP contribution in [0.25, 0.3) is 0 Å². The Morgan fingerprint density at radius 2 is 0.958 bits per heavy atom. The van der Waals surface area contributed by atoms with Crippen LogP contribution in [0.1, 0.15) is 132 Å². The lowest BCUT2D eigenvalue weighted by molar-refractivity contribution is -0.138. The van der Waals surface area contributed by atoms with E-state index in [9.17, 15) is 19.2 Å². The van der Waals surface area contributed by atoms with Gasteiger partial charge in [-0.05, 0) is 206 Å². The van der Waals surface area contributed by atoms with E-state index >= 15 is 0 Å². The van der Waals surface area contributed by atoms with E-state index in [1.807, 2.05) is 60.7 Å². The topological polar surface area (TPSA) is 142 Å². The Bertz CT molecular complexity index is 1920. The van der Waals surface area contributed by atoms with Crippen molar-refractivity contribution in [1.82, 2.24) is 0 Å². The minimum Gasteiger partial charge on any atom is -0.497 e. The number of carbonyl (C=O) groups is 4. The number of aldehydes is 2. The van der Waals surface area contributed by atoms with Gasteiger partial charge < -0.3 is 42.7 Å². The molecule has 12 nitrogen and oxygen atoms in total.